The second kappa shape index (κ2) is 5.98. The molecule has 2 atom stereocenters. The van der Waals surface area contributed by atoms with Crippen molar-refractivity contribution in [2.45, 2.75) is 18.6 Å². The van der Waals surface area contributed by atoms with E-state index in [1.807, 2.05) is 6.07 Å². The molecule has 1 aliphatic heterocycles. The zero-order valence-electron chi connectivity index (χ0n) is 13.8. The summed E-state index contributed by atoms with van der Waals surface area (Å²) < 4.78 is 3.08. The van der Waals surface area contributed by atoms with E-state index in [4.69, 9.17) is 0 Å². The molecule has 4 rings (SSSR count). The number of carbonyl (C=O) groups is 1. The summed E-state index contributed by atoms with van der Waals surface area (Å²) in [6.07, 6.45) is 1.68. The average Bonchev–Trinajstić information content (AvgIpc) is 2.95. The summed E-state index contributed by atoms with van der Waals surface area (Å²) in [7, 11) is 1.71. The van der Waals surface area contributed by atoms with E-state index in [1.165, 1.54) is 4.40 Å². The van der Waals surface area contributed by atoms with Crippen LogP contribution in [0.15, 0.2) is 35.3 Å². The highest BCUT2D eigenvalue weighted by molar-refractivity contribution is 5.98. The second-order valence-corrected chi connectivity index (χ2v) is 6.31. The SMILES string of the molecule is Cn1c(C(=O)NC2CCNCC2O)cc2c(=O)n3ccccc3nc21. The molecule has 8 heteroatoms. The summed E-state index contributed by atoms with van der Waals surface area (Å²) in [6.45, 7) is 1.19. The number of aliphatic hydroxyl groups excluding tert-OH is 1. The van der Waals surface area contributed by atoms with Crippen LogP contribution in [0.4, 0.5) is 0 Å². The van der Waals surface area contributed by atoms with Gasteiger partial charge < -0.3 is 20.3 Å². The number of carbonyl (C=O) groups excluding carboxylic acids is 1. The fraction of sp³-hybridized carbons (Fsp3) is 0.353. The zero-order valence-corrected chi connectivity index (χ0v) is 13.8. The van der Waals surface area contributed by atoms with Crippen LogP contribution < -0.4 is 16.2 Å². The molecule has 8 nitrogen and oxygen atoms in total. The van der Waals surface area contributed by atoms with Gasteiger partial charge in [-0.3, -0.25) is 14.0 Å². The van der Waals surface area contributed by atoms with Crippen molar-refractivity contribution in [2.75, 3.05) is 13.1 Å². The molecule has 130 valence electrons. The van der Waals surface area contributed by atoms with E-state index in [9.17, 15) is 14.7 Å². The highest BCUT2D eigenvalue weighted by Gasteiger charge is 2.26. The first-order valence-corrected chi connectivity index (χ1v) is 8.23. The van der Waals surface area contributed by atoms with Crippen LogP contribution in [0.3, 0.4) is 0 Å². The third-order valence-electron chi connectivity index (χ3n) is 4.71. The number of nitrogens with zero attached hydrogens (tertiary/aromatic N) is 3. The summed E-state index contributed by atoms with van der Waals surface area (Å²) in [5.41, 5.74) is 1.13. The molecule has 0 bridgehead atoms. The van der Waals surface area contributed by atoms with Crippen molar-refractivity contribution < 1.29 is 9.90 Å². The number of aromatic nitrogens is 3. The average molecular weight is 341 g/mol. The van der Waals surface area contributed by atoms with E-state index < -0.39 is 6.10 Å². The molecule has 0 aliphatic carbocycles. The van der Waals surface area contributed by atoms with Crippen LogP contribution in [0.1, 0.15) is 16.9 Å². The molecule has 2 unspecified atom stereocenters. The molecule has 3 aromatic rings. The van der Waals surface area contributed by atoms with Crippen LogP contribution in [0.2, 0.25) is 0 Å². The Morgan fingerprint density at radius 2 is 2.28 bits per heavy atom. The van der Waals surface area contributed by atoms with Gasteiger partial charge in [0.2, 0.25) is 0 Å². The predicted molar refractivity (Wildman–Crippen MR) is 92.7 cm³/mol. The van der Waals surface area contributed by atoms with Gasteiger partial charge in [-0.2, -0.15) is 0 Å². The number of hydrogen-bond acceptors (Lipinski definition) is 5. The molecular weight excluding hydrogens is 322 g/mol. The number of rotatable bonds is 2. The van der Waals surface area contributed by atoms with Gasteiger partial charge >= 0.3 is 0 Å². The van der Waals surface area contributed by atoms with Gasteiger partial charge in [0, 0.05) is 19.8 Å². The molecule has 1 fully saturated rings. The van der Waals surface area contributed by atoms with Crippen molar-refractivity contribution in [1.82, 2.24) is 24.6 Å². The number of pyridine rings is 1. The highest BCUT2D eigenvalue weighted by atomic mass is 16.3. The van der Waals surface area contributed by atoms with Crippen molar-refractivity contribution in [3.63, 3.8) is 0 Å². The minimum atomic E-state index is -0.626. The van der Waals surface area contributed by atoms with Gasteiger partial charge in [0.1, 0.15) is 17.0 Å². The molecule has 1 amide bonds. The van der Waals surface area contributed by atoms with Gasteiger partial charge in [0.15, 0.2) is 0 Å². The Bertz CT molecular complexity index is 1020. The van der Waals surface area contributed by atoms with Crippen molar-refractivity contribution in [3.8, 4) is 0 Å². The Morgan fingerprint density at radius 3 is 3.08 bits per heavy atom. The third-order valence-corrected chi connectivity index (χ3v) is 4.71. The Hall–Kier alpha value is -2.71. The lowest BCUT2D eigenvalue weighted by Gasteiger charge is -2.29. The number of nitrogens with one attached hydrogen (secondary N) is 2. The third kappa shape index (κ3) is 2.59. The minimum Gasteiger partial charge on any atom is -0.390 e. The minimum absolute atomic E-state index is 0.211. The summed E-state index contributed by atoms with van der Waals surface area (Å²) in [5, 5.41) is 16.3. The molecule has 1 aliphatic rings. The Balaban J connectivity index is 1.76. The topological polar surface area (TPSA) is 101 Å². The number of aliphatic hydroxyl groups is 1. The Morgan fingerprint density at radius 1 is 1.44 bits per heavy atom. The Labute approximate surface area is 143 Å². The summed E-state index contributed by atoms with van der Waals surface area (Å²) in [5.74, 6) is -0.320. The maximum atomic E-state index is 12.7. The van der Waals surface area contributed by atoms with Crippen molar-refractivity contribution >= 4 is 22.6 Å². The van der Waals surface area contributed by atoms with Crippen LogP contribution >= 0.6 is 0 Å². The molecular formula is C17H19N5O3. The lowest BCUT2D eigenvalue weighted by molar-refractivity contribution is 0.0759. The quantitative estimate of drug-likeness (QED) is 0.591. The van der Waals surface area contributed by atoms with E-state index in [0.29, 0.717) is 35.3 Å². The normalized spacial score (nSPS) is 20.9. The largest absolute Gasteiger partial charge is 0.390 e. The molecule has 3 N–H and O–H groups in total. The number of hydrogen-bond donors (Lipinski definition) is 3. The maximum Gasteiger partial charge on any atom is 0.268 e. The fourth-order valence-electron chi connectivity index (χ4n) is 3.29. The summed E-state index contributed by atoms with van der Waals surface area (Å²) in [6, 6.07) is 6.57. The van der Waals surface area contributed by atoms with Crippen LogP contribution in [-0.4, -0.2) is 50.2 Å². The molecule has 1 saturated heterocycles. The second-order valence-electron chi connectivity index (χ2n) is 6.31. The van der Waals surface area contributed by atoms with E-state index in [2.05, 4.69) is 15.6 Å². The van der Waals surface area contributed by atoms with E-state index >= 15 is 0 Å². The van der Waals surface area contributed by atoms with Crippen LogP contribution in [0, 0.1) is 0 Å². The number of fused-ring (bicyclic) bond motifs is 2. The first-order valence-electron chi connectivity index (χ1n) is 8.23. The Kier molecular flexibility index (Phi) is 3.78. The van der Waals surface area contributed by atoms with Gasteiger partial charge in [-0.15, -0.1) is 0 Å². The monoisotopic (exact) mass is 341 g/mol. The van der Waals surface area contributed by atoms with E-state index in [0.717, 1.165) is 6.54 Å². The van der Waals surface area contributed by atoms with E-state index in [1.54, 1.807) is 36.0 Å². The molecule has 0 spiro atoms. The van der Waals surface area contributed by atoms with Crippen LogP contribution in [-0.2, 0) is 7.05 Å². The summed E-state index contributed by atoms with van der Waals surface area (Å²) in [4.78, 5) is 29.8. The van der Waals surface area contributed by atoms with Gasteiger partial charge in [-0.25, -0.2) is 4.98 Å². The molecule has 0 radical (unpaired) electrons. The number of piperidine rings is 1. The lowest BCUT2D eigenvalue weighted by Crippen LogP contribution is -2.52. The molecule has 0 saturated carbocycles. The standard InChI is InChI=1S/C17H19N5O3/c1-21-12(16(24)19-11-5-6-18-9-13(11)23)8-10-15(21)20-14-4-2-3-7-22(14)17(10)25/h2-4,7-8,11,13,18,23H,5-6,9H2,1H3,(H,19,24). The molecule has 25 heavy (non-hydrogen) atoms. The molecule has 3 aromatic heterocycles. The highest BCUT2D eigenvalue weighted by Crippen LogP contribution is 2.15. The van der Waals surface area contributed by atoms with Crippen molar-refractivity contribution in [2.24, 2.45) is 7.05 Å². The number of aryl methyl sites for hydroxylation is 1. The first-order chi connectivity index (χ1) is 12.1. The summed E-state index contributed by atoms with van der Waals surface area (Å²) >= 11 is 0. The van der Waals surface area contributed by atoms with E-state index in [-0.39, 0.29) is 17.5 Å². The zero-order chi connectivity index (χ0) is 17.6. The fourth-order valence-corrected chi connectivity index (χ4v) is 3.29. The maximum absolute atomic E-state index is 12.7. The first kappa shape index (κ1) is 15.8. The van der Waals surface area contributed by atoms with Gasteiger partial charge in [0.25, 0.3) is 11.5 Å². The van der Waals surface area contributed by atoms with Gasteiger partial charge in [0.05, 0.1) is 17.5 Å². The lowest BCUT2D eigenvalue weighted by atomic mass is 10.0. The molecule has 0 aromatic carbocycles. The predicted octanol–water partition coefficient (Wildman–Crippen LogP) is -0.361. The number of β-amino-alcohol motifs (C(OH)–C–C–N with tert-alkyl or cyclic N) is 1. The van der Waals surface area contributed by atoms with Gasteiger partial charge in [-0.1, -0.05) is 6.07 Å². The number of amides is 1. The van der Waals surface area contributed by atoms with Gasteiger partial charge in [-0.05, 0) is 31.2 Å². The molecule has 4 heterocycles. The van der Waals surface area contributed by atoms with Crippen molar-refractivity contribution in [3.05, 3.63) is 46.5 Å². The smallest absolute Gasteiger partial charge is 0.268 e. The van der Waals surface area contributed by atoms with Crippen molar-refractivity contribution in [1.29, 1.82) is 0 Å². The van der Waals surface area contributed by atoms with Crippen LogP contribution in [0.25, 0.3) is 16.7 Å². The van der Waals surface area contributed by atoms with Crippen LogP contribution in [0.5, 0.6) is 0 Å².